The van der Waals surface area contributed by atoms with Crippen LogP contribution in [0.1, 0.15) is 58.1 Å². The van der Waals surface area contributed by atoms with Crippen LogP contribution in [0.5, 0.6) is 11.5 Å². The number of halogens is 2. The van der Waals surface area contributed by atoms with Crippen LogP contribution in [0.3, 0.4) is 0 Å². The lowest BCUT2D eigenvalue weighted by atomic mass is 9.94. The van der Waals surface area contributed by atoms with Crippen LogP contribution in [-0.2, 0) is 13.0 Å². The van der Waals surface area contributed by atoms with E-state index >= 15 is 4.39 Å². The first-order valence-electron chi connectivity index (χ1n) is 21.7. The van der Waals surface area contributed by atoms with Crippen molar-refractivity contribution in [3.05, 3.63) is 160 Å². The number of carbonyl (C=O) groups is 1. The van der Waals surface area contributed by atoms with Crippen LogP contribution >= 0.6 is 11.6 Å². The van der Waals surface area contributed by atoms with Crippen molar-refractivity contribution in [1.82, 2.24) is 39.5 Å². The van der Waals surface area contributed by atoms with Gasteiger partial charge in [-0.15, -0.1) is 0 Å². The summed E-state index contributed by atoms with van der Waals surface area (Å²) in [4.78, 5) is 47.2. The first-order valence-corrected chi connectivity index (χ1v) is 22.0. The molecule has 1 aliphatic heterocycles. The molecule has 342 valence electrons. The standard InChI is InChI=1S/C27H20ClFN4O4.C24H25N7/c1-36-21-5-3-4-20(29)23(21)25-19-10-15(28)6-8-17(19)24-14(12-30-25)13-31-27(33-24)32-16-7-9-18(26(34)35)22(11-16)37-2;1-15(2)31-14-28-21-23(26-9-8-17-13-27-20-7-5-4-6-19(17)20)29-22(30-24(21)31)18-10-16(3)11-25-12-18/h3-11,13H,12H2,1-2H3,(H,34,35)(H,31,32,33);4-7,10-15,27H,8-9H2,1-3H3,(H,26,29,30). The molecule has 0 saturated heterocycles. The van der Waals surface area contributed by atoms with Gasteiger partial charge in [-0.05, 0) is 86.8 Å². The van der Waals surface area contributed by atoms with Gasteiger partial charge in [0, 0.05) is 87.3 Å². The predicted octanol–water partition coefficient (Wildman–Crippen LogP) is 10.7. The molecular weight excluding hydrogens is 885 g/mol. The number of carboxylic acids is 1. The Balaban J connectivity index is 0.000000172. The number of aliphatic imine (C=N–C) groups is 1. The molecule has 68 heavy (non-hydrogen) atoms. The number of nitrogens with zero attached hydrogens (tertiary/aromatic N) is 8. The molecule has 4 aromatic carbocycles. The van der Waals surface area contributed by atoms with Crippen molar-refractivity contribution in [3.63, 3.8) is 0 Å². The Hall–Kier alpha value is -8.24. The number of methoxy groups -OCH3 is 2. The molecule has 1 aliphatic rings. The maximum atomic E-state index is 15.0. The Morgan fingerprint density at radius 3 is 2.56 bits per heavy atom. The molecule has 15 nitrogen and oxygen atoms in total. The Morgan fingerprint density at radius 2 is 1.76 bits per heavy atom. The lowest BCUT2D eigenvalue weighted by Crippen LogP contribution is -2.09. The summed E-state index contributed by atoms with van der Waals surface area (Å²) in [7, 11) is 2.87. The number of aromatic nitrogens is 8. The molecule has 0 fully saturated rings. The molecule has 5 aromatic heterocycles. The van der Waals surface area contributed by atoms with Crippen LogP contribution in [0.15, 0.2) is 121 Å². The van der Waals surface area contributed by atoms with E-state index in [0.29, 0.717) is 44.8 Å². The third-order valence-corrected chi connectivity index (χ3v) is 11.6. The fourth-order valence-corrected chi connectivity index (χ4v) is 8.23. The van der Waals surface area contributed by atoms with Crippen molar-refractivity contribution in [1.29, 1.82) is 0 Å². The number of benzene rings is 4. The number of anilines is 3. The number of para-hydroxylation sites is 1. The van der Waals surface area contributed by atoms with Gasteiger partial charge in [0.05, 0.1) is 44.1 Å². The summed E-state index contributed by atoms with van der Waals surface area (Å²) in [5, 5.41) is 17.6. The van der Waals surface area contributed by atoms with E-state index in [2.05, 4.69) is 79.4 Å². The zero-order valence-corrected chi connectivity index (χ0v) is 38.4. The van der Waals surface area contributed by atoms with E-state index in [4.69, 9.17) is 41.0 Å². The molecule has 4 N–H and O–H groups in total. The number of hydrogen-bond acceptors (Lipinski definition) is 12. The average molecular weight is 930 g/mol. The molecule has 6 heterocycles. The highest BCUT2D eigenvalue weighted by atomic mass is 35.5. The van der Waals surface area contributed by atoms with E-state index in [-0.39, 0.29) is 35.4 Å². The number of ether oxygens (including phenoxy) is 2. The Morgan fingerprint density at radius 1 is 0.926 bits per heavy atom. The quantitative estimate of drug-likeness (QED) is 0.0908. The highest BCUT2D eigenvalue weighted by Crippen LogP contribution is 2.37. The average Bonchev–Trinajstić information content (AvgIpc) is 3.93. The molecule has 0 atom stereocenters. The van der Waals surface area contributed by atoms with E-state index in [0.717, 1.165) is 52.2 Å². The lowest BCUT2D eigenvalue weighted by molar-refractivity contribution is 0.0693. The summed E-state index contributed by atoms with van der Waals surface area (Å²) in [6.45, 7) is 7.22. The summed E-state index contributed by atoms with van der Waals surface area (Å²) in [6.07, 6.45) is 10.1. The van der Waals surface area contributed by atoms with Gasteiger partial charge in [-0.2, -0.15) is 0 Å². The van der Waals surface area contributed by atoms with Crippen molar-refractivity contribution in [2.24, 2.45) is 4.99 Å². The number of nitrogens with one attached hydrogen (secondary N) is 3. The molecule has 10 rings (SSSR count). The minimum absolute atomic E-state index is 0.0370. The second-order valence-corrected chi connectivity index (χ2v) is 16.6. The maximum Gasteiger partial charge on any atom is 0.339 e. The van der Waals surface area contributed by atoms with Crippen molar-refractivity contribution in [2.75, 3.05) is 31.4 Å². The SMILES string of the molecule is COc1cc(Nc2ncc3c(n2)-c2ccc(Cl)cc2C(c2c(F)cccc2OC)=NC3)ccc1C(=O)O.Cc1cncc(-c2nc(NCCc3c[nH]c4ccccc34)c3ncn(C(C)C)c3n2)c1. The first-order chi connectivity index (χ1) is 33.0. The Kier molecular flexibility index (Phi) is 12.8. The molecule has 0 unspecified atom stereocenters. The largest absolute Gasteiger partial charge is 0.496 e. The van der Waals surface area contributed by atoms with Gasteiger partial charge in [0.1, 0.15) is 28.4 Å². The zero-order valence-electron chi connectivity index (χ0n) is 37.7. The number of aromatic amines is 1. The number of rotatable bonds is 12. The monoisotopic (exact) mass is 929 g/mol. The number of imidazole rings is 1. The molecule has 0 aliphatic carbocycles. The second-order valence-electron chi connectivity index (χ2n) is 16.2. The fraction of sp³-hybridized carbons (Fsp3) is 0.176. The van der Waals surface area contributed by atoms with Gasteiger partial charge >= 0.3 is 5.97 Å². The smallest absolute Gasteiger partial charge is 0.339 e. The molecular formula is C51H45ClFN11O4. The number of carboxylic acid groups (broad SMARTS) is 1. The molecule has 0 radical (unpaired) electrons. The number of aromatic carboxylic acids is 1. The summed E-state index contributed by atoms with van der Waals surface area (Å²) < 4.78 is 27.8. The third kappa shape index (κ3) is 9.13. The van der Waals surface area contributed by atoms with Gasteiger partial charge in [-0.3, -0.25) is 9.98 Å². The topological polar surface area (TPSA) is 190 Å². The molecule has 9 aromatic rings. The zero-order chi connectivity index (χ0) is 47.5. The maximum absolute atomic E-state index is 15.0. The van der Waals surface area contributed by atoms with Crippen molar-refractivity contribution in [2.45, 2.75) is 39.8 Å². The molecule has 17 heteroatoms. The Labute approximate surface area is 395 Å². The van der Waals surface area contributed by atoms with E-state index in [1.807, 2.05) is 31.6 Å². The van der Waals surface area contributed by atoms with Crippen molar-refractivity contribution >= 4 is 62.8 Å². The number of aryl methyl sites for hydroxylation is 1. The Bertz CT molecular complexity index is 3390. The third-order valence-electron chi connectivity index (χ3n) is 11.4. The number of H-pyrrole nitrogens is 1. The highest BCUT2D eigenvalue weighted by molar-refractivity contribution is 6.31. The minimum atomic E-state index is -1.10. The van der Waals surface area contributed by atoms with E-state index < -0.39 is 11.8 Å². The molecule has 0 saturated carbocycles. The summed E-state index contributed by atoms with van der Waals surface area (Å²) in [6, 6.07) is 25.1. The summed E-state index contributed by atoms with van der Waals surface area (Å²) in [5.41, 5.74) is 9.89. The van der Waals surface area contributed by atoms with E-state index in [9.17, 15) is 9.90 Å². The minimum Gasteiger partial charge on any atom is -0.496 e. The fourth-order valence-electron chi connectivity index (χ4n) is 8.05. The molecule has 0 bridgehead atoms. The van der Waals surface area contributed by atoms with Gasteiger partial charge in [0.2, 0.25) is 5.95 Å². The van der Waals surface area contributed by atoms with Gasteiger partial charge in [-0.1, -0.05) is 41.9 Å². The second kappa shape index (κ2) is 19.3. The number of pyridine rings is 1. The van der Waals surface area contributed by atoms with Crippen LogP contribution in [0.25, 0.3) is 44.7 Å². The van der Waals surface area contributed by atoms with Crippen LogP contribution in [0.4, 0.5) is 21.8 Å². The van der Waals surface area contributed by atoms with Crippen molar-refractivity contribution < 1.29 is 23.8 Å². The van der Waals surface area contributed by atoms with Crippen molar-refractivity contribution in [3.8, 4) is 34.1 Å². The van der Waals surface area contributed by atoms with Gasteiger partial charge < -0.3 is 34.8 Å². The molecule has 0 amide bonds. The highest BCUT2D eigenvalue weighted by Gasteiger charge is 2.26. The number of hydrogen-bond donors (Lipinski definition) is 4. The van der Waals surface area contributed by atoms with E-state index in [1.165, 1.54) is 37.3 Å². The first kappa shape index (κ1) is 44.9. The predicted molar refractivity (Wildman–Crippen MR) is 262 cm³/mol. The van der Waals surface area contributed by atoms with Crippen LogP contribution in [0.2, 0.25) is 5.02 Å². The van der Waals surface area contributed by atoms with Gasteiger partial charge in [0.25, 0.3) is 0 Å². The normalized spacial score (nSPS) is 11.9. The van der Waals surface area contributed by atoms with E-state index in [1.54, 1.807) is 48.8 Å². The summed E-state index contributed by atoms with van der Waals surface area (Å²) in [5.74, 6) is 0.662. The van der Waals surface area contributed by atoms with Crippen LogP contribution in [-0.4, -0.2) is 77.0 Å². The van der Waals surface area contributed by atoms with Crippen LogP contribution in [0, 0.1) is 12.7 Å². The number of fused-ring (bicyclic) bond motifs is 5. The van der Waals surface area contributed by atoms with Crippen LogP contribution < -0.4 is 20.1 Å². The molecule has 0 spiro atoms. The summed E-state index contributed by atoms with van der Waals surface area (Å²) >= 11 is 6.35. The van der Waals surface area contributed by atoms with Gasteiger partial charge in [0.15, 0.2) is 17.3 Å². The van der Waals surface area contributed by atoms with Gasteiger partial charge in [-0.25, -0.2) is 34.1 Å². The lowest BCUT2D eigenvalue weighted by Gasteiger charge is -2.15.